The van der Waals surface area contributed by atoms with E-state index in [9.17, 15) is 9.59 Å². The molecule has 4 saturated carbocycles. The number of halogens is 1. The first-order chi connectivity index (χ1) is 21.3. The summed E-state index contributed by atoms with van der Waals surface area (Å²) < 4.78 is 25.7. The molecular formula is C36H60BrN3O6. The molecule has 9 nitrogen and oxygen atoms in total. The first-order valence-electron chi connectivity index (χ1n) is 18.2. The lowest BCUT2D eigenvalue weighted by Crippen LogP contribution is -3.00. The van der Waals surface area contributed by atoms with Crippen molar-refractivity contribution in [3.8, 4) is 0 Å². The molecular weight excluding hydrogens is 650 g/mol. The molecule has 3 heterocycles. The molecule has 7 aliphatic rings. The van der Waals surface area contributed by atoms with Gasteiger partial charge in [-0.3, -0.25) is 19.4 Å². The van der Waals surface area contributed by atoms with E-state index >= 15 is 0 Å². The summed E-state index contributed by atoms with van der Waals surface area (Å²) in [4.78, 5) is 30.2. The lowest BCUT2D eigenvalue weighted by molar-refractivity contribution is -0.894. The fraction of sp³-hybridized carbons (Fsp3) is 0.944. The van der Waals surface area contributed by atoms with Crippen molar-refractivity contribution in [1.82, 2.24) is 9.80 Å². The Labute approximate surface area is 287 Å². The van der Waals surface area contributed by atoms with Crippen LogP contribution in [0, 0.1) is 34.5 Å². The Morgan fingerprint density at radius 1 is 0.761 bits per heavy atom. The Morgan fingerprint density at radius 3 is 2.02 bits per heavy atom. The molecule has 0 bridgehead atoms. The van der Waals surface area contributed by atoms with Gasteiger partial charge in [0.05, 0.1) is 40.4 Å². The normalized spacial score (nSPS) is 45.2. The van der Waals surface area contributed by atoms with Crippen LogP contribution in [0.1, 0.15) is 85.5 Å². The molecule has 0 N–H and O–H groups in total. The van der Waals surface area contributed by atoms with Crippen LogP contribution in [0.3, 0.4) is 0 Å². The number of fused-ring (bicyclic) bond motifs is 5. The first kappa shape index (κ1) is 35.1. The quantitative estimate of drug-likeness (QED) is 0.318. The highest BCUT2D eigenvalue weighted by molar-refractivity contribution is 5.66. The van der Waals surface area contributed by atoms with Crippen molar-refractivity contribution in [1.29, 1.82) is 0 Å². The summed E-state index contributed by atoms with van der Waals surface area (Å²) in [5.74, 6) is 1.77. The Kier molecular flexibility index (Phi) is 9.78. The highest BCUT2D eigenvalue weighted by Gasteiger charge is 2.65. The molecule has 0 amide bonds. The van der Waals surface area contributed by atoms with Crippen LogP contribution in [-0.2, 0) is 28.5 Å². The average molecular weight is 711 g/mol. The maximum atomic E-state index is 12.5. The lowest BCUT2D eigenvalue weighted by atomic mass is 9.44. The molecule has 3 unspecified atom stereocenters. The van der Waals surface area contributed by atoms with E-state index in [1.165, 1.54) is 19.3 Å². The predicted octanol–water partition coefficient (Wildman–Crippen LogP) is 1.08. The van der Waals surface area contributed by atoms with E-state index in [0.29, 0.717) is 42.9 Å². The van der Waals surface area contributed by atoms with Gasteiger partial charge in [-0.15, -0.1) is 0 Å². The van der Waals surface area contributed by atoms with Crippen molar-refractivity contribution in [3.63, 3.8) is 0 Å². The van der Waals surface area contributed by atoms with Gasteiger partial charge in [-0.1, -0.05) is 13.8 Å². The zero-order valence-corrected chi connectivity index (χ0v) is 30.9. The van der Waals surface area contributed by atoms with Crippen molar-refractivity contribution in [2.45, 2.75) is 116 Å². The third kappa shape index (κ3) is 6.12. The summed E-state index contributed by atoms with van der Waals surface area (Å²) >= 11 is 0. The average Bonchev–Trinajstić information content (AvgIpc) is 3.55. The van der Waals surface area contributed by atoms with Crippen LogP contribution in [0.25, 0.3) is 0 Å². The smallest absolute Gasteiger partial charge is 0.302 e. The molecule has 0 radical (unpaired) electrons. The summed E-state index contributed by atoms with van der Waals surface area (Å²) in [5, 5.41) is 0. The molecule has 10 atom stereocenters. The van der Waals surface area contributed by atoms with Gasteiger partial charge >= 0.3 is 11.9 Å². The topological polar surface area (TPSA) is 77.5 Å². The van der Waals surface area contributed by atoms with Crippen molar-refractivity contribution in [2.24, 2.45) is 34.5 Å². The standard InChI is InChI=1S/C36H60N3O6.BrH/c1-24(40)44-32-21-26-7-8-27-28(35(26,4)23-31(32)37-13-11-36(12-14-37)42-19-20-43-36)9-10-34(3)29(27)22-30(33(34)45-25(2)41)38-15-17-39(5,6)18-16-38;/h26-33H,7-23H2,1-6H3;1H/q+1;/p-1/t26-,27?,28?,29?,30-,31-,32-,33-,34-,35-;/m0./s1. The molecule has 0 aromatic rings. The third-order valence-corrected chi connectivity index (χ3v) is 14.5. The van der Waals surface area contributed by atoms with E-state index in [2.05, 4.69) is 37.7 Å². The number of hydrogen-bond acceptors (Lipinski definition) is 8. The number of quaternary nitrogens is 1. The lowest BCUT2D eigenvalue weighted by Gasteiger charge is -2.62. The second-order valence-electron chi connectivity index (χ2n) is 17.3. The SMILES string of the molecule is CC(=O)O[C@H]1C[C@@H]2CCC3C4C[C@H](N5CC[N+](C)(C)CC5)[C@H](OC(C)=O)[C@@]4(C)CCC3[C@@]2(C)C[C@@H]1N1CCC2(CC1)OCCO2.[Br-]. The van der Waals surface area contributed by atoms with Crippen LogP contribution < -0.4 is 17.0 Å². The van der Waals surface area contributed by atoms with Gasteiger partial charge in [-0.2, -0.15) is 0 Å². The molecule has 4 aliphatic carbocycles. The van der Waals surface area contributed by atoms with Crippen LogP contribution >= 0.6 is 0 Å². The number of carbonyl (C=O) groups is 2. The molecule has 3 aliphatic heterocycles. The fourth-order valence-electron chi connectivity index (χ4n) is 12.0. The number of piperidine rings is 1. The number of ether oxygens (including phenoxy) is 4. The number of likely N-dealkylation sites (tertiary alicyclic amines) is 1. The predicted molar refractivity (Wildman–Crippen MR) is 170 cm³/mol. The number of hydrogen-bond donors (Lipinski definition) is 0. The minimum Gasteiger partial charge on any atom is -1.00 e. The van der Waals surface area contributed by atoms with Crippen molar-refractivity contribution >= 4 is 11.9 Å². The van der Waals surface area contributed by atoms with E-state index in [1.807, 2.05) is 0 Å². The zero-order chi connectivity index (χ0) is 31.8. The highest BCUT2D eigenvalue weighted by atomic mass is 79.9. The zero-order valence-electron chi connectivity index (χ0n) is 29.3. The van der Waals surface area contributed by atoms with E-state index in [4.69, 9.17) is 18.9 Å². The molecule has 1 spiro atoms. The molecule has 262 valence electrons. The summed E-state index contributed by atoms with van der Waals surface area (Å²) in [6.45, 7) is 16.0. The number of esters is 2. The Morgan fingerprint density at radius 2 is 1.39 bits per heavy atom. The summed E-state index contributed by atoms with van der Waals surface area (Å²) in [6.07, 6.45) is 9.69. The monoisotopic (exact) mass is 709 g/mol. The second-order valence-corrected chi connectivity index (χ2v) is 17.3. The number of rotatable bonds is 4. The number of carbonyl (C=O) groups excluding carboxylic acids is 2. The maximum Gasteiger partial charge on any atom is 0.302 e. The van der Waals surface area contributed by atoms with Crippen LogP contribution in [-0.4, -0.2) is 123 Å². The molecule has 10 heteroatoms. The van der Waals surface area contributed by atoms with Crippen LogP contribution in [0.4, 0.5) is 0 Å². The minimum atomic E-state index is -0.404. The number of piperazine rings is 1. The van der Waals surface area contributed by atoms with Gasteiger partial charge in [0.2, 0.25) is 0 Å². The summed E-state index contributed by atoms with van der Waals surface area (Å²) in [7, 11) is 4.67. The minimum absolute atomic E-state index is 0. The van der Waals surface area contributed by atoms with Gasteiger partial charge in [0, 0.05) is 70.4 Å². The van der Waals surface area contributed by atoms with E-state index in [-0.39, 0.29) is 58.0 Å². The summed E-state index contributed by atoms with van der Waals surface area (Å²) in [5.41, 5.74) is 0.238. The van der Waals surface area contributed by atoms with Gasteiger partial charge in [0.25, 0.3) is 0 Å². The van der Waals surface area contributed by atoms with Crippen LogP contribution in [0.5, 0.6) is 0 Å². The summed E-state index contributed by atoms with van der Waals surface area (Å²) in [6, 6.07) is 0.558. The molecule has 7 fully saturated rings. The third-order valence-electron chi connectivity index (χ3n) is 14.5. The van der Waals surface area contributed by atoms with Gasteiger partial charge in [-0.25, -0.2) is 0 Å². The maximum absolute atomic E-state index is 12.5. The first-order valence-corrected chi connectivity index (χ1v) is 18.2. The van der Waals surface area contributed by atoms with Gasteiger partial charge in [-0.05, 0) is 74.0 Å². The Hall–Kier alpha value is -0.780. The fourth-order valence-corrected chi connectivity index (χ4v) is 12.0. The van der Waals surface area contributed by atoms with E-state index in [0.717, 1.165) is 82.3 Å². The van der Waals surface area contributed by atoms with Gasteiger partial charge in [0.15, 0.2) is 5.79 Å². The highest BCUT2D eigenvalue weighted by Crippen LogP contribution is 2.67. The second kappa shape index (κ2) is 12.8. The van der Waals surface area contributed by atoms with E-state index < -0.39 is 5.79 Å². The van der Waals surface area contributed by atoms with Crippen molar-refractivity contribution < 1.29 is 50.0 Å². The van der Waals surface area contributed by atoms with E-state index in [1.54, 1.807) is 13.8 Å². The Bertz CT molecular complexity index is 1130. The van der Waals surface area contributed by atoms with Gasteiger partial charge in [0.1, 0.15) is 12.2 Å². The van der Waals surface area contributed by atoms with Crippen LogP contribution in [0.15, 0.2) is 0 Å². The largest absolute Gasteiger partial charge is 1.00 e. The Balaban J connectivity index is 0.00000372. The van der Waals surface area contributed by atoms with Gasteiger partial charge < -0.3 is 40.4 Å². The van der Waals surface area contributed by atoms with Crippen LogP contribution in [0.2, 0.25) is 0 Å². The van der Waals surface area contributed by atoms with Crippen molar-refractivity contribution in [2.75, 3.05) is 66.6 Å². The molecule has 3 saturated heterocycles. The molecule has 46 heavy (non-hydrogen) atoms. The van der Waals surface area contributed by atoms with Crippen molar-refractivity contribution in [3.05, 3.63) is 0 Å². The molecule has 0 aromatic heterocycles. The molecule has 0 aromatic carbocycles. The number of likely N-dealkylation sites (N-methyl/N-ethyl adjacent to an activating group) is 1. The molecule has 7 rings (SSSR count). The number of nitrogens with zero attached hydrogens (tertiary/aromatic N) is 3.